The van der Waals surface area contributed by atoms with Gasteiger partial charge in [0.1, 0.15) is 0 Å². The minimum atomic E-state index is 0.614. The van der Waals surface area contributed by atoms with E-state index in [1.807, 2.05) is 12.1 Å². The van der Waals surface area contributed by atoms with Crippen LogP contribution in [0.25, 0.3) is 0 Å². The van der Waals surface area contributed by atoms with Gasteiger partial charge >= 0.3 is 0 Å². The lowest BCUT2D eigenvalue weighted by Gasteiger charge is -2.28. The van der Waals surface area contributed by atoms with Crippen LogP contribution in [0.15, 0.2) is 36.7 Å². The van der Waals surface area contributed by atoms with E-state index in [1.54, 1.807) is 6.08 Å². The second-order valence-corrected chi connectivity index (χ2v) is 5.05. The van der Waals surface area contributed by atoms with E-state index in [2.05, 4.69) is 18.2 Å². The Labute approximate surface area is 108 Å². The monoisotopic (exact) mass is 243 g/mol. The molecule has 0 heterocycles. The van der Waals surface area contributed by atoms with Crippen molar-refractivity contribution in [2.45, 2.75) is 38.0 Å². The standard InChI is InChI=1S/C16H18FN/c17-11-1-2-13-3-7-15(8-4-13)16-9-5-14(12-18)6-10-16/h1,5-6,9-11,13,15H,2-4,7-8H2/b11-1+/t13-,15-. The van der Waals surface area contributed by atoms with Crippen LogP contribution in [0, 0.1) is 17.2 Å². The predicted octanol–water partition coefficient (Wildman–Crippen LogP) is 4.71. The summed E-state index contributed by atoms with van der Waals surface area (Å²) in [6.45, 7) is 0. The third-order valence-corrected chi connectivity index (χ3v) is 3.92. The van der Waals surface area contributed by atoms with Gasteiger partial charge < -0.3 is 0 Å². The lowest BCUT2D eigenvalue weighted by Crippen LogP contribution is -2.12. The Hall–Kier alpha value is -1.62. The summed E-state index contributed by atoms with van der Waals surface area (Å²) in [5.41, 5.74) is 2.06. The Morgan fingerprint density at radius 3 is 2.39 bits per heavy atom. The van der Waals surface area contributed by atoms with Gasteiger partial charge in [-0.3, -0.25) is 0 Å². The molecule has 1 nitrogen and oxygen atoms in total. The quantitative estimate of drug-likeness (QED) is 0.754. The lowest BCUT2D eigenvalue weighted by atomic mass is 9.77. The van der Waals surface area contributed by atoms with Crippen LogP contribution in [0.1, 0.15) is 49.1 Å². The molecule has 0 saturated heterocycles. The molecule has 94 valence electrons. The van der Waals surface area contributed by atoms with Gasteiger partial charge in [-0.05, 0) is 61.6 Å². The van der Waals surface area contributed by atoms with Crippen molar-refractivity contribution in [1.29, 1.82) is 5.26 Å². The molecule has 1 saturated carbocycles. The van der Waals surface area contributed by atoms with Crippen LogP contribution in [0.5, 0.6) is 0 Å². The van der Waals surface area contributed by atoms with E-state index in [9.17, 15) is 4.39 Å². The van der Waals surface area contributed by atoms with E-state index in [1.165, 1.54) is 31.2 Å². The zero-order valence-corrected chi connectivity index (χ0v) is 10.5. The van der Waals surface area contributed by atoms with Crippen LogP contribution in [-0.4, -0.2) is 0 Å². The summed E-state index contributed by atoms with van der Waals surface area (Å²) in [7, 11) is 0. The zero-order valence-electron chi connectivity index (χ0n) is 10.5. The van der Waals surface area contributed by atoms with E-state index < -0.39 is 0 Å². The fourth-order valence-electron chi connectivity index (χ4n) is 2.81. The summed E-state index contributed by atoms with van der Waals surface area (Å²) < 4.78 is 12.0. The number of hydrogen-bond acceptors (Lipinski definition) is 1. The highest BCUT2D eigenvalue weighted by molar-refractivity contribution is 5.33. The van der Waals surface area contributed by atoms with Gasteiger partial charge in [0.2, 0.25) is 0 Å². The molecule has 0 amide bonds. The van der Waals surface area contributed by atoms with E-state index in [-0.39, 0.29) is 0 Å². The van der Waals surface area contributed by atoms with Crippen molar-refractivity contribution in [3.05, 3.63) is 47.8 Å². The first-order chi connectivity index (χ1) is 8.83. The molecule has 1 aromatic carbocycles. The summed E-state index contributed by atoms with van der Waals surface area (Å²) in [4.78, 5) is 0. The molecule has 2 rings (SSSR count). The van der Waals surface area contributed by atoms with Gasteiger partial charge in [-0.15, -0.1) is 0 Å². The number of halogens is 1. The average Bonchev–Trinajstić information content (AvgIpc) is 2.46. The van der Waals surface area contributed by atoms with Crippen molar-refractivity contribution < 1.29 is 4.39 Å². The maximum absolute atomic E-state index is 12.0. The van der Waals surface area contributed by atoms with Crippen molar-refractivity contribution in [2.24, 2.45) is 5.92 Å². The molecule has 0 radical (unpaired) electrons. The first-order valence-corrected chi connectivity index (χ1v) is 6.58. The molecule has 1 aliphatic rings. The Morgan fingerprint density at radius 2 is 1.83 bits per heavy atom. The van der Waals surface area contributed by atoms with Crippen LogP contribution >= 0.6 is 0 Å². The summed E-state index contributed by atoms with van der Waals surface area (Å²) in [6.07, 6.45) is 7.87. The Bertz CT molecular complexity index is 433. The van der Waals surface area contributed by atoms with Gasteiger partial charge in [0.15, 0.2) is 0 Å². The highest BCUT2D eigenvalue weighted by Crippen LogP contribution is 2.37. The van der Waals surface area contributed by atoms with Gasteiger partial charge in [0.05, 0.1) is 18.0 Å². The summed E-state index contributed by atoms with van der Waals surface area (Å²) in [5, 5.41) is 8.77. The first kappa shape index (κ1) is 12.8. The van der Waals surface area contributed by atoms with Gasteiger partial charge in [-0.25, -0.2) is 4.39 Å². The fourth-order valence-corrected chi connectivity index (χ4v) is 2.81. The van der Waals surface area contributed by atoms with Crippen molar-refractivity contribution in [2.75, 3.05) is 0 Å². The van der Waals surface area contributed by atoms with E-state index in [0.29, 0.717) is 18.2 Å². The van der Waals surface area contributed by atoms with E-state index >= 15 is 0 Å². The maximum Gasteiger partial charge on any atom is 0.0991 e. The van der Waals surface area contributed by atoms with Crippen LogP contribution in [0.4, 0.5) is 4.39 Å². The summed E-state index contributed by atoms with van der Waals surface area (Å²) in [5.74, 6) is 1.26. The Balaban J connectivity index is 1.90. The minimum absolute atomic E-state index is 0.614. The van der Waals surface area contributed by atoms with Crippen molar-refractivity contribution in [3.8, 4) is 6.07 Å². The van der Waals surface area contributed by atoms with Gasteiger partial charge in [-0.1, -0.05) is 18.2 Å². The number of rotatable bonds is 3. The topological polar surface area (TPSA) is 23.8 Å². The van der Waals surface area contributed by atoms with Crippen LogP contribution < -0.4 is 0 Å². The molecule has 0 aliphatic heterocycles. The second kappa shape index (κ2) is 6.35. The first-order valence-electron chi connectivity index (χ1n) is 6.58. The number of hydrogen-bond donors (Lipinski definition) is 0. The molecule has 1 aliphatic carbocycles. The number of allylic oxidation sites excluding steroid dienone is 1. The number of benzene rings is 1. The molecule has 1 fully saturated rings. The summed E-state index contributed by atoms with van der Waals surface area (Å²) >= 11 is 0. The third-order valence-electron chi connectivity index (χ3n) is 3.92. The van der Waals surface area contributed by atoms with Crippen LogP contribution in [-0.2, 0) is 0 Å². The molecule has 0 atom stereocenters. The molecule has 0 spiro atoms. The second-order valence-electron chi connectivity index (χ2n) is 5.05. The lowest BCUT2D eigenvalue weighted by molar-refractivity contribution is 0.327. The Morgan fingerprint density at radius 1 is 1.17 bits per heavy atom. The molecular formula is C16H18FN. The molecule has 2 heteroatoms. The maximum atomic E-state index is 12.0. The number of nitrogens with zero attached hydrogens (tertiary/aromatic N) is 1. The highest BCUT2D eigenvalue weighted by Gasteiger charge is 2.21. The molecule has 0 unspecified atom stereocenters. The molecule has 0 aromatic heterocycles. The number of nitriles is 1. The van der Waals surface area contributed by atoms with E-state index in [4.69, 9.17) is 5.26 Å². The highest BCUT2D eigenvalue weighted by atomic mass is 19.1. The van der Waals surface area contributed by atoms with Gasteiger partial charge in [-0.2, -0.15) is 5.26 Å². The average molecular weight is 243 g/mol. The molecule has 0 bridgehead atoms. The van der Waals surface area contributed by atoms with Crippen molar-refractivity contribution in [1.82, 2.24) is 0 Å². The normalized spacial score (nSPS) is 24.0. The van der Waals surface area contributed by atoms with Crippen LogP contribution in [0.2, 0.25) is 0 Å². The van der Waals surface area contributed by atoms with Gasteiger partial charge in [0.25, 0.3) is 0 Å². The van der Waals surface area contributed by atoms with Gasteiger partial charge in [0, 0.05) is 0 Å². The Kier molecular flexibility index (Phi) is 4.52. The van der Waals surface area contributed by atoms with E-state index in [0.717, 1.165) is 12.0 Å². The molecule has 1 aromatic rings. The zero-order chi connectivity index (χ0) is 12.8. The molecular weight excluding hydrogens is 225 g/mol. The third kappa shape index (κ3) is 3.20. The largest absolute Gasteiger partial charge is 0.216 e. The predicted molar refractivity (Wildman–Crippen MR) is 70.7 cm³/mol. The van der Waals surface area contributed by atoms with Crippen molar-refractivity contribution in [3.63, 3.8) is 0 Å². The summed E-state index contributed by atoms with van der Waals surface area (Å²) in [6, 6.07) is 10.1. The van der Waals surface area contributed by atoms with Crippen LogP contribution in [0.3, 0.4) is 0 Å². The fraction of sp³-hybridized carbons (Fsp3) is 0.438. The SMILES string of the molecule is N#Cc1ccc([C@H]2CC[C@H](C/C=C/F)CC2)cc1. The molecule has 0 N–H and O–H groups in total. The minimum Gasteiger partial charge on any atom is -0.216 e. The molecule has 18 heavy (non-hydrogen) atoms. The smallest absolute Gasteiger partial charge is 0.0991 e. The van der Waals surface area contributed by atoms with Crippen molar-refractivity contribution >= 4 is 0 Å².